The molecule has 0 spiro atoms. The van der Waals surface area contributed by atoms with Crippen LogP contribution in [0.4, 0.5) is 0 Å². The zero-order valence-electron chi connectivity index (χ0n) is 12.8. The van der Waals surface area contributed by atoms with Gasteiger partial charge in [0.1, 0.15) is 0 Å². The molecule has 2 aliphatic rings. The molecular weight excluding hydrogens is 278 g/mol. The third-order valence-electron chi connectivity index (χ3n) is 3.98. The molecule has 1 saturated heterocycles. The Morgan fingerprint density at radius 2 is 1.82 bits per heavy atom. The molecule has 0 amide bonds. The number of Topliss-reactive ketones (excluding diaryl/α,β-unsaturated/α-hetero) is 1. The van der Waals surface area contributed by atoms with E-state index in [2.05, 4.69) is 5.32 Å². The number of allylic oxidation sites excluding steroid dienone is 1. The lowest BCUT2D eigenvalue weighted by molar-refractivity contribution is -0.141. The van der Waals surface area contributed by atoms with Gasteiger partial charge in [-0.25, -0.2) is 0 Å². The van der Waals surface area contributed by atoms with Crippen molar-refractivity contribution < 1.29 is 14.7 Å². The van der Waals surface area contributed by atoms with Crippen LogP contribution in [0.5, 0.6) is 0 Å². The van der Waals surface area contributed by atoms with Gasteiger partial charge in [-0.05, 0) is 44.3 Å². The number of benzene rings is 1. The quantitative estimate of drug-likeness (QED) is 0.897. The lowest BCUT2D eigenvalue weighted by Gasteiger charge is -2.09. The summed E-state index contributed by atoms with van der Waals surface area (Å²) in [6, 6.07) is 9.40. The van der Waals surface area contributed by atoms with E-state index >= 15 is 0 Å². The van der Waals surface area contributed by atoms with Crippen LogP contribution in [-0.2, 0) is 16.0 Å². The van der Waals surface area contributed by atoms with E-state index in [1.54, 1.807) is 6.08 Å². The molecule has 1 atom stereocenters. The van der Waals surface area contributed by atoms with E-state index in [9.17, 15) is 9.59 Å². The Kier molecular flexibility index (Phi) is 6.34. The van der Waals surface area contributed by atoms with E-state index in [-0.39, 0.29) is 12.2 Å². The van der Waals surface area contributed by atoms with Gasteiger partial charge >= 0.3 is 5.97 Å². The van der Waals surface area contributed by atoms with E-state index < -0.39 is 11.9 Å². The van der Waals surface area contributed by atoms with Crippen molar-refractivity contribution in [2.75, 3.05) is 13.1 Å². The number of nitrogens with one attached hydrogen (secondary N) is 1. The highest BCUT2D eigenvalue weighted by Crippen LogP contribution is 2.27. The van der Waals surface area contributed by atoms with Gasteiger partial charge in [0.15, 0.2) is 5.78 Å². The predicted molar refractivity (Wildman–Crippen MR) is 85.7 cm³/mol. The second kappa shape index (κ2) is 8.49. The molecule has 1 heterocycles. The summed E-state index contributed by atoms with van der Waals surface area (Å²) in [5, 5.41) is 12.2. The summed E-state index contributed by atoms with van der Waals surface area (Å²) in [7, 11) is 0. The largest absolute Gasteiger partial charge is 0.481 e. The van der Waals surface area contributed by atoms with Crippen LogP contribution in [0.15, 0.2) is 42.0 Å². The van der Waals surface area contributed by atoms with Crippen molar-refractivity contribution in [2.24, 2.45) is 5.92 Å². The topological polar surface area (TPSA) is 66.4 Å². The van der Waals surface area contributed by atoms with Crippen molar-refractivity contribution in [3.8, 4) is 0 Å². The molecule has 4 heteroatoms. The maximum absolute atomic E-state index is 12.0. The highest BCUT2D eigenvalue weighted by Gasteiger charge is 2.30. The van der Waals surface area contributed by atoms with Crippen molar-refractivity contribution >= 4 is 11.8 Å². The van der Waals surface area contributed by atoms with Gasteiger partial charge in [-0.15, -0.1) is 0 Å². The van der Waals surface area contributed by atoms with Crippen LogP contribution >= 0.6 is 0 Å². The minimum atomic E-state index is -0.893. The van der Waals surface area contributed by atoms with Crippen molar-refractivity contribution in [1.82, 2.24) is 5.32 Å². The Balaban J connectivity index is 0.000000299. The molecule has 22 heavy (non-hydrogen) atoms. The standard InChI is InChI=1S/C14H14O3.C4H9N/c15-13(9-10-5-2-1-3-6-10)11-7-4-8-12(11)14(16)17;1-2-4-5-3-1/h1-3,5-7,12H,4,8-9H2,(H,16,17);5H,1-4H2. The Bertz CT molecular complexity index is 525. The van der Waals surface area contributed by atoms with E-state index in [1.165, 1.54) is 25.9 Å². The van der Waals surface area contributed by atoms with Crippen LogP contribution < -0.4 is 5.32 Å². The van der Waals surface area contributed by atoms with Crippen molar-refractivity contribution in [3.05, 3.63) is 47.5 Å². The molecule has 4 nitrogen and oxygen atoms in total. The zero-order valence-corrected chi connectivity index (χ0v) is 12.8. The minimum Gasteiger partial charge on any atom is -0.481 e. The number of carboxylic acid groups (broad SMARTS) is 1. The van der Waals surface area contributed by atoms with E-state index in [4.69, 9.17) is 5.11 Å². The van der Waals surface area contributed by atoms with Gasteiger partial charge in [-0.2, -0.15) is 0 Å². The number of carbonyl (C=O) groups is 2. The molecule has 0 aromatic heterocycles. The molecule has 118 valence electrons. The van der Waals surface area contributed by atoms with E-state index in [1.807, 2.05) is 30.3 Å². The average Bonchev–Trinajstić information content (AvgIpc) is 3.22. The van der Waals surface area contributed by atoms with Gasteiger partial charge in [0.25, 0.3) is 0 Å². The van der Waals surface area contributed by atoms with E-state index in [0.29, 0.717) is 18.4 Å². The summed E-state index contributed by atoms with van der Waals surface area (Å²) in [6.45, 7) is 2.50. The first kappa shape index (κ1) is 16.4. The first-order valence-corrected chi connectivity index (χ1v) is 7.89. The number of ketones is 1. The molecule has 1 unspecified atom stereocenters. The fourth-order valence-corrected chi connectivity index (χ4v) is 2.78. The van der Waals surface area contributed by atoms with Gasteiger partial charge in [0.05, 0.1) is 5.92 Å². The number of rotatable bonds is 4. The molecule has 2 N–H and O–H groups in total. The third kappa shape index (κ3) is 4.81. The van der Waals surface area contributed by atoms with Gasteiger partial charge in [-0.1, -0.05) is 36.4 Å². The molecule has 0 radical (unpaired) electrons. The summed E-state index contributed by atoms with van der Waals surface area (Å²) in [4.78, 5) is 23.0. The SMILES string of the molecule is C1CCNC1.O=C(Cc1ccccc1)C1=CCCC1C(=O)O. The lowest BCUT2D eigenvalue weighted by atomic mass is 9.94. The summed E-state index contributed by atoms with van der Waals surface area (Å²) in [5.74, 6) is -1.57. The van der Waals surface area contributed by atoms with Crippen LogP contribution in [0.25, 0.3) is 0 Å². The first-order valence-electron chi connectivity index (χ1n) is 7.89. The third-order valence-corrected chi connectivity index (χ3v) is 3.98. The number of carboxylic acids is 1. The van der Waals surface area contributed by atoms with Gasteiger partial charge in [0, 0.05) is 12.0 Å². The summed E-state index contributed by atoms with van der Waals surface area (Å²) >= 11 is 0. The van der Waals surface area contributed by atoms with Crippen molar-refractivity contribution in [2.45, 2.75) is 32.1 Å². The molecule has 1 aromatic rings. The van der Waals surface area contributed by atoms with Gasteiger partial charge in [0.2, 0.25) is 0 Å². The molecular formula is C18H23NO3. The predicted octanol–water partition coefficient (Wildman–Crippen LogP) is 2.59. The molecule has 1 aromatic carbocycles. The number of aliphatic carboxylic acids is 1. The molecule has 1 fully saturated rings. The molecule has 0 bridgehead atoms. The van der Waals surface area contributed by atoms with Crippen LogP contribution in [-0.4, -0.2) is 29.9 Å². The fourth-order valence-electron chi connectivity index (χ4n) is 2.78. The Labute approximate surface area is 131 Å². The zero-order chi connectivity index (χ0) is 15.8. The summed E-state index contributed by atoms with van der Waals surface area (Å²) < 4.78 is 0. The highest BCUT2D eigenvalue weighted by atomic mass is 16.4. The number of hydrogen-bond acceptors (Lipinski definition) is 3. The fraction of sp³-hybridized carbons (Fsp3) is 0.444. The smallest absolute Gasteiger partial charge is 0.311 e. The second-order valence-corrected chi connectivity index (χ2v) is 5.67. The molecule has 1 aliphatic heterocycles. The van der Waals surface area contributed by atoms with Crippen molar-refractivity contribution in [1.29, 1.82) is 0 Å². The van der Waals surface area contributed by atoms with E-state index in [0.717, 1.165) is 5.56 Å². The molecule has 0 saturated carbocycles. The maximum atomic E-state index is 12.0. The Morgan fingerprint density at radius 1 is 1.14 bits per heavy atom. The summed E-state index contributed by atoms with van der Waals surface area (Å²) in [6.07, 6.45) is 6.07. The van der Waals surface area contributed by atoms with Crippen LogP contribution in [0.1, 0.15) is 31.2 Å². The Hall–Kier alpha value is -1.94. The molecule has 1 aliphatic carbocycles. The molecule has 3 rings (SSSR count). The minimum absolute atomic E-state index is 0.0684. The first-order chi connectivity index (χ1) is 10.7. The Morgan fingerprint density at radius 3 is 2.36 bits per heavy atom. The normalized spacial score (nSPS) is 20.0. The summed E-state index contributed by atoms with van der Waals surface area (Å²) in [5.41, 5.74) is 1.40. The maximum Gasteiger partial charge on any atom is 0.311 e. The van der Waals surface area contributed by atoms with Crippen molar-refractivity contribution in [3.63, 3.8) is 0 Å². The van der Waals surface area contributed by atoms with Gasteiger partial charge in [-0.3, -0.25) is 9.59 Å². The van der Waals surface area contributed by atoms with Crippen LogP contribution in [0, 0.1) is 5.92 Å². The van der Waals surface area contributed by atoms with Crippen LogP contribution in [0.3, 0.4) is 0 Å². The van der Waals surface area contributed by atoms with Crippen LogP contribution in [0.2, 0.25) is 0 Å². The monoisotopic (exact) mass is 301 g/mol. The van der Waals surface area contributed by atoms with Gasteiger partial charge < -0.3 is 10.4 Å². The highest BCUT2D eigenvalue weighted by molar-refractivity contribution is 6.01. The second-order valence-electron chi connectivity index (χ2n) is 5.67. The number of carbonyl (C=O) groups excluding carboxylic acids is 1. The number of hydrogen-bond donors (Lipinski definition) is 2. The lowest BCUT2D eigenvalue weighted by Crippen LogP contribution is -2.19. The average molecular weight is 301 g/mol.